The van der Waals surface area contributed by atoms with Crippen molar-refractivity contribution in [2.24, 2.45) is 5.92 Å². The van der Waals surface area contributed by atoms with Gasteiger partial charge < -0.3 is 20.4 Å². The van der Waals surface area contributed by atoms with Crippen LogP contribution in [0.3, 0.4) is 0 Å². The van der Waals surface area contributed by atoms with Gasteiger partial charge in [0.1, 0.15) is 27.3 Å². The minimum absolute atomic E-state index is 0.0841. The highest BCUT2D eigenvalue weighted by Crippen LogP contribution is 2.42. The summed E-state index contributed by atoms with van der Waals surface area (Å²) in [6.45, 7) is 8.15. The number of hydrogen-bond donors (Lipinski definition) is 2. The molecule has 0 aromatic carbocycles. The van der Waals surface area contributed by atoms with Gasteiger partial charge in [-0.2, -0.15) is 4.98 Å². The maximum Gasteiger partial charge on any atom is 0.226 e. The third-order valence-electron chi connectivity index (χ3n) is 7.36. The number of sulfone groups is 1. The van der Waals surface area contributed by atoms with Crippen molar-refractivity contribution >= 4 is 44.0 Å². The van der Waals surface area contributed by atoms with Gasteiger partial charge in [0.05, 0.1) is 17.5 Å². The van der Waals surface area contributed by atoms with Gasteiger partial charge in [-0.15, -0.1) is 0 Å². The van der Waals surface area contributed by atoms with Crippen molar-refractivity contribution in [2.45, 2.75) is 45.2 Å². The molecule has 2 aliphatic rings. The van der Waals surface area contributed by atoms with Crippen molar-refractivity contribution < 1.29 is 8.42 Å². The average Bonchev–Trinajstić information content (AvgIpc) is 2.79. The molecule has 198 valence electrons. The number of pyridine rings is 2. The number of hydrogen-bond acceptors (Lipinski definition) is 10. The van der Waals surface area contributed by atoms with E-state index in [9.17, 15) is 8.42 Å². The van der Waals surface area contributed by atoms with Gasteiger partial charge in [0, 0.05) is 56.6 Å². The van der Waals surface area contributed by atoms with Crippen LogP contribution in [-0.4, -0.2) is 73.6 Å². The first-order valence-corrected chi connectivity index (χ1v) is 14.9. The van der Waals surface area contributed by atoms with Crippen molar-refractivity contribution in [3.05, 3.63) is 35.8 Å². The van der Waals surface area contributed by atoms with Crippen LogP contribution in [0.5, 0.6) is 0 Å². The van der Waals surface area contributed by atoms with Crippen molar-refractivity contribution in [2.75, 3.05) is 54.3 Å². The Morgan fingerprint density at radius 3 is 2.54 bits per heavy atom. The number of anilines is 4. The summed E-state index contributed by atoms with van der Waals surface area (Å²) in [5, 5.41) is 8.98. The SMILES string of the molecule is CC(C)c1c(C2CCN2)nc(N2C[C@H](CS(C)(=O)=O)[C@H]2C)c2cnc(Nc3ccnc(N(C)C)n3)cc12. The van der Waals surface area contributed by atoms with Gasteiger partial charge in [0.2, 0.25) is 5.95 Å². The minimum Gasteiger partial charge on any atom is -0.353 e. The summed E-state index contributed by atoms with van der Waals surface area (Å²) >= 11 is 0. The Kier molecular flexibility index (Phi) is 6.70. The highest BCUT2D eigenvalue weighted by atomic mass is 32.2. The second-order valence-corrected chi connectivity index (χ2v) is 13.0. The highest BCUT2D eigenvalue weighted by molar-refractivity contribution is 7.90. The molecule has 3 atom stereocenters. The Hall–Kier alpha value is -3.05. The number of nitrogens with zero attached hydrogens (tertiary/aromatic N) is 6. The highest BCUT2D eigenvalue weighted by Gasteiger charge is 2.40. The zero-order valence-corrected chi connectivity index (χ0v) is 23.2. The molecule has 5 rings (SSSR count). The second-order valence-electron chi connectivity index (χ2n) is 10.8. The molecule has 0 saturated carbocycles. The second kappa shape index (κ2) is 9.68. The summed E-state index contributed by atoms with van der Waals surface area (Å²) in [7, 11) is 0.779. The summed E-state index contributed by atoms with van der Waals surface area (Å²) in [4.78, 5) is 22.9. The molecule has 0 bridgehead atoms. The maximum absolute atomic E-state index is 11.9. The van der Waals surface area contributed by atoms with E-state index in [1.165, 1.54) is 11.8 Å². The van der Waals surface area contributed by atoms with Crippen molar-refractivity contribution in [3.63, 3.8) is 0 Å². The number of nitrogens with one attached hydrogen (secondary N) is 2. The quantitative estimate of drug-likeness (QED) is 0.455. The van der Waals surface area contributed by atoms with Crippen LogP contribution in [0.4, 0.5) is 23.4 Å². The van der Waals surface area contributed by atoms with E-state index in [0.717, 1.165) is 35.2 Å². The van der Waals surface area contributed by atoms with E-state index in [2.05, 4.69) is 52.3 Å². The van der Waals surface area contributed by atoms with Gasteiger partial charge in [-0.25, -0.2) is 23.4 Å². The number of rotatable bonds is 8. The molecular weight excluding hydrogens is 488 g/mol. The van der Waals surface area contributed by atoms with Crippen LogP contribution >= 0.6 is 0 Å². The summed E-state index contributed by atoms with van der Waals surface area (Å²) < 4.78 is 23.8. The van der Waals surface area contributed by atoms with E-state index in [4.69, 9.17) is 9.97 Å². The zero-order valence-electron chi connectivity index (χ0n) is 22.4. The molecule has 3 aromatic rings. The van der Waals surface area contributed by atoms with Gasteiger partial charge in [-0.1, -0.05) is 13.8 Å². The zero-order chi connectivity index (χ0) is 26.5. The maximum atomic E-state index is 11.9. The molecule has 11 heteroatoms. The molecule has 0 aliphatic carbocycles. The molecule has 10 nitrogen and oxygen atoms in total. The Balaban J connectivity index is 1.58. The average molecular weight is 525 g/mol. The van der Waals surface area contributed by atoms with E-state index in [1.54, 1.807) is 6.20 Å². The fourth-order valence-corrected chi connectivity index (χ4v) is 6.39. The van der Waals surface area contributed by atoms with Gasteiger partial charge in [0.15, 0.2) is 0 Å². The van der Waals surface area contributed by atoms with Crippen LogP contribution in [0.2, 0.25) is 0 Å². The Morgan fingerprint density at radius 2 is 1.95 bits per heavy atom. The van der Waals surface area contributed by atoms with E-state index in [0.29, 0.717) is 24.1 Å². The molecule has 5 heterocycles. The summed E-state index contributed by atoms with van der Waals surface area (Å²) in [6.07, 6.45) is 5.97. The van der Waals surface area contributed by atoms with E-state index in [-0.39, 0.29) is 29.7 Å². The predicted octanol–water partition coefficient (Wildman–Crippen LogP) is 3.26. The third-order valence-corrected chi connectivity index (χ3v) is 8.40. The molecule has 37 heavy (non-hydrogen) atoms. The lowest BCUT2D eigenvalue weighted by Gasteiger charge is -2.48. The molecule has 2 N–H and O–H groups in total. The monoisotopic (exact) mass is 524 g/mol. The first kappa shape index (κ1) is 25.6. The topological polar surface area (TPSA) is 116 Å². The molecule has 2 saturated heterocycles. The summed E-state index contributed by atoms with van der Waals surface area (Å²) in [5.74, 6) is 3.44. The first-order chi connectivity index (χ1) is 17.5. The van der Waals surface area contributed by atoms with Crippen LogP contribution in [0.25, 0.3) is 10.8 Å². The fourth-order valence-electron chi connectivity index (χ4n) is 5.22. The minimum atomic E-state index is -3.03. The molecule has 1 unspecified atom stereocenters. The standard InChI is InChI=1S/C26H36N8O2S/c1-15(2)23-18-11-22(30-21-8-10-28-26(31-21)33(4)5)29-12-19(18)25(32-24(23)20-7-9-27-20)34-13-17(16(34)3)14-37(6,35)36/h8,10-12,15-17,20,27H,7,9,13-14H2,1-6H3,(H,28,29,30,31)/t16-,17-,20?/m1/s1. The molecule has 0 radical (unpaired) electrons. The van der Waals surface area contributed by atoms with Crippen molar-refractivity contribution in [1.29, 1.82) is 0 Å². The number of aromatic nitrogens is 4. The van der Waals surface area contributed by atoms with Crippen LogP contribution in [0.15, 0.2) is 24.5 Å². The Bertz CT molecular complexity index is 1420. The lowest BCUT2D eigenvalue weighted by atomic mass is 9.87. The van der Waals surface area contributed by atoms with Crippen LogP contribution in [-0.2, 0) is 9.84 Å². The molecule has 0 spiro atoms. The van der Waals surface area contributed by atoms with Gasteiger partial charge in [-0.3, -0.25) is 0 Å². The van der Waals surface area contributed by atoms with Crippen LogP contribution in [0.1, 0.15) is 50.4 Å². The molecule has 2 fully saturated rings. The Morgan fingerprint density at radius 1 is 1.19 bits per heavy atom. The van der Waals surface area contributed by atoms with E-state index < -0.39 is 9.84 Å². The summed E-state index contributed by atoms with van der Waals surface area (Å²) in [5.41, 5.74) is 2.30. The molecule has 3 aromatic heterocycles. The van der Waals surface area contributed by atoms with Gasteiger partial charge >= 0.3 is 0 Å². The lowest BCUT2D eigenvalue weighted by molar-refractivity contribution is 0.336. The normalized spacial score (nSPS) is 21.6. The smallest absolute Gasteiger partial charge is 0.226 e. The van der Waals surface area contributed by atoms with Crippen LogP contribution in [0, 0.1) is 5.92 Å². The van der Waals surface area contributed by atoms with Gasteiger partial charge in [0.25, 0.3) is 0 Å². The molecule has 0 amide bonds. The largest absolute Gasteiger partial charge is 0.353 e. The van der Waals surface area contributed by atoms with Crippen LogP contribution < -0.4 is 20.4 Å². The van der Waals surface area contributed by atoms with E-state index >= 15 is 0 Å². The van der Waals surface area contributed by atoms with E-state index in [1.807, 2.05) is 31.3 Å². The van der Waals surface area contributed by atoms with Gasteiger partial charge in [-0.05, 0) is 48.9 Å². The lowest BCUT2D eigenvalue weighted by Crippen LogP contribution is -2.57. The summed E-state index contributed by atoms with van der Waals surface area (Å²) in [6, 6.07) is 4.22. The first-order valence-electron chi connectivity index (χ1n) is 12.8. The Labute approximate surface area is 218 Å². The number of fused-ring (bicyclic) bond motifs is 1. The van der Waals surface area contributed by atoms with Crippen molar-refractivity contribution in [1.82, 2.24) is 25.3 Å². The fraction of sp³-hybridized carbons (Fsp3) is 0.538. The molecule has 2 aliphatic heterocycles. The predicted molar refractivity (Wildman–Crippen MR) is 149 cm³/mol. The third kappa shape index (κ3) is 5.06. The molecular formula is C26H36N8O2S. The van der Waals surface area contributed by atoms with Crippen molar-refractivity contribution in [3.8, 4) is 0 Å².